The van der Waals surface area contributed by atoms with Gasteiger partial charge in [-0.25, -0.2) is 4.98 Å². The van der Waals surface area contributed by atoms with Gasteiger partial charge in [0.25, 0.3) is 0 Å². The van der Waals surface area contributed by atoms with Gasteiger partial charge in [-0.05, 0) is 79.5 Å². The van der Waals surface area contributed by atoms with Gasteiger partial charge in [0.2, 0.25) is 0 Å². The van der Waals surface area contributed by atoms with Gasteiger partial charge in [-0.1, -0.05) is 224 Å². The first-order valence-corrected chi connectivity index (χ1v) is 26.6. The van der Waals surface area contributed by atoms with Crippen molar-refractivity contribution in [1.29, 1.82) is 0 Å². The summed E-state index contributed by atoms with van der Waals surface area (Å²) in [5.74, 6) is 0. The molecule has 0 radical (unpaired) electrons. The molecule has 0 saturated heterocycles. The van der Waals surface area contributed by atoms with E-state index in [0.29, 0.717) is 0 Å². The lowest BCUT2D eigenvalue weighted by Gasteiger charge is -2.20. The van der Waals surface area contributed by atoms with Crippen molar-refractivity contribution in [1.82, 2.24) is 9.38 Å². The van der Waals surface area contributed by atoms with Crippen molar-refractivity contribution in [2.45, 2.75) is 0 Å². The minimum absolute atomic E-state index is 0.798. The largest absolute Gasteiger partial charge is 0.309 e. The van der Waals surface area contributed by atoms with Crippen LogP contribution in [-0.2, 0) is 9.13 Å². The Morgan fingerprint density at radius 2 is 0.739 bits per heavy atom. The van der Waals surface area contributed by atoms with E-state index in [9.17, 15) is 0 Å². The minimum atomic E-state index is -3.13. The number of aromatic nitrogens is 2. The molecule has 0 aliphatic rings. The summed E-state index contributed by atoms with van der Waals surface area (Å²) in [6.45, 7) is 0. The van der Waals surface area contributed by atoms with Crippen LogP contribution in [0.5, 0.6) is 0 Å². The summed E-state index contributed by atoms with van der Waals surface area (Å²) in [4.78, 5) is 5.41. The SMILES string of the molecule is O=P(c1ccccc1)(c1ccccc1)c1ccc(-c2ccc3c4ccc5ccccc5c4c4nc5ccc(-c6ccc7cc(P(=O)(c8ccccc8)c8ccccc8)ccc7c6)cc5n4c3c2)cc1. The van der Waals surface area contributed by atoms with Crippen molar-refractivity contribution >= 4 is 106 Å². The quantitative estimate of drug-likeness (QED) is 0.113. The molecule has 6 heteroatoms. The number of hydrogen-bond donors (Lipinski definition) is 0. The molecule has 13 aromatic rings. The Morgan fingerprint density at radius 3 is 1.39 bits per heavy atom. The Labute approximate surface area is 399 Å². The zero-order chi connectivity index (χ0) is 46.1. The van der Waals surface area contributed by atoms with Crippen molar-refractivity contribution in [3.63, 3.8) is 0 Å². The van der Waals surface area contributed by atoms with Gasteiger partial charge >= 0.3 is 0 Å². The molecule has 0 fully saturated rings. The molecule has 2 heterocycles. The Hall–Kier alpha value is -8.13. The first kappa shape index (κ1) is 41.1. The number of fused-ring (bicyclic) bond motifs is 11. The fraction of sp³-hybridized carbons (Fsp3) is 0. The van der Waals surface area contributed by atoms with Crippen LogP contribution < -0.4 is 31.8 Å². The van der Waals surface area contributed by atoms with Gasteiger partial charge in [-0.15, -0.1) is 0 Å². The van der Waals surface area contributed by atoms with Gasteiger partial charge < -0.3 is 9.13 Å². The summed E-state index contributed by atoms with van der Waals surface area (Å²) in [7, 11) is -6.25. The molecule has 0 bridgehead atoms. The van der Waals surface area contributed by atoms with Crippen LogP contribution in [0.25, 0.3) is 82.2 Å². The van der Waals surface area contributed by atoms with Crippen molar-refractivity contribution in [2.24, 2.45) is 0 Å². The molecule has 69 heavy (non-hydrogen) atoms. The molecule has 0 aliphatic carbocycles. The second kappa shape index (κ2) is 16.3. The van der Waals surface area contributed by atoms with E-state index in [1.807, 2.05) is 140 Å². The molecule has 13 rings (SSSR count). The number of rotatable bonds is 8. The summed E-state index contributed by atoms with van der Waals surface area (Å²) in [5.41, 5.74) is 8.15. The van der Waals surface area contributed by atoms with Gasteiger partial charge in [-0.3, -0.25) is 4.40 Å². The molecule has 0 saturated carbocycles. The average molecular weight is 921 g/mol. The Morgan fingerprint density at radius 1 is 0.304 bits per heavy atom. The molecular formula is C63H42N2O2P2. The van der Waals surface area contributed by atoms with E-state index in [1.165, 1.54) is 5.39 Å². The molecule has 0 N–H and O–H groups in total. The lowest BCUT2D eigenvalue weighted by molar-refractivity contribution is 0.591. The molecule has 0 amide bonds. The second-order valence-electron chi connectivity index (χ2n) is 17.8. The summed E-state index contributed by atoms with van der Waals surface area (Å²) in [6, 6.07) is 86.8. The van der Waals surface area contributed by atoms with Gasteiger partial charge in [0.1, 0.15) is 5.65 Å². The third-order valence-corrected chi connectivity index (χ3v) is 20.0. The number of nitrogens with zero attached hydrogens (tertiary/aromatic N) is 2. The topological polar surface area (TPSA) is 51.4 Å². The molecule has 326 valence electrons. The van der Waals surface area contributed by atoms with Crippen LogP contribution in [0.4, 0.5) is 0 Å². The Bertz CT molecular complexity index is 4140. The second-order valence-corrected chi connectivity index (χ2v) is 23.3. The third-order valence-electron chi connectivity index (χ3n) is 13.9. The molecule has 4 nitrogen and oxygen atoms in total. The minimum Gasteiger partial charge on any atom is -0.309 e. The van der Waals surface area contributed by atoms with Crippen LogP contribution in [0.15, 0.2) is 255 Å². The Balaban J connectivity index is 0.958. The predicted octanol–water partition coefficient (Wildman–Crippen LogP) is 13.7. The van der Waals surface area contributed by atoms with E-state index in [-0.39, 0.29) is 0 Å². The van der Waals surface area contributed by atoms with Gasteiger partial charge in [0, 0.05) is 42.6 Å². The van der Waals surface area contributed by atoms with E-state index in [0.717, 1.165) is 109 Å². The maximum absolute atomic E-state index is 15.2. The molecule has 11 aromatic carbocycles. The van der Waals surface area contributed by atoms with Gasteiger partial charge in [0.05, 0.1) is 16.6 Å². The van der Waals surface area contributed by atoms with E-state index >= 15 is 9.13 Å². The molecule has 0 spiro atoms. The smallest absolute Gasteiger partial charge is 0.171 e. The highest BCUT2D eigenvalue weighted by Crippen LogP contribution is 2.45. The number of imidazole rings is 1. The summed E-state index contributed by atoms with van der Waals surface area (Å²) >= 11 is 0. The van der Waals surface area contributed by atoms with Crippen LogP contribution in [0.2, 0.25) is 0 Å². The fourth-order valence-electron chi connectivity index (χ4n) is 10.4. The summed E-state index contributed by atoms with van der Waals surface area (Å²) < 4.78 is 32.8. The van der Waals surface area contributed by atoms with Crippen molar-refractivity contribution in [2.75, 3.05) is 0 Å². The van der Waals surface area contributed by atoms with E-state index in [2.05, 4.69) is 120 Å². The third kappa shape index (κ3) is 6.63. The number of hydrogen-bond acceptors (Lipinski definition) is 3. The highest BCUT2D eigenvalue weighted by Gasteiger charge is 2.31. The van der Waals surface area contributed by atoms with Crippen LogP contribution in [0.3, 0.4) is 0 Å². The fourth-order valence-corrected chi connectivity index (χ4v) is 15.8. The van der Waals surface area contributed by atoms with E-state index in [4.69, 9.17) is 4.98 Å². The normalized spacial score (nSPS) is 12.2. The van der Waals surface area contributed by atoms with Crippen LogP contribution in [-0.4, -0.2) is 9.38 Å². The van der Waals surface area contributed by atoms with Gasteiger partial charge in [-0.2, -0.15) is 0 Å². The molecule has 0 aliphatic heterocycles. The van der Waals surface area contributed by atoms with E-state index in [1.54, 1.807) is 0 Å². The number of pyridine rings is 1. The van der Waals surface area contributed by atoms with Gasteiger partial charge in [0.15, 0.2) is 14.3 Å². The molecule has 0 atom stereocenters. The predicted molar refractivity (Wildman–Crippen MR) is 292 cm³/mol. The first-order valence-electron chi connectivity index (χ1n) is 23.2. The molecule has 2 aromatic heterocycles. The van der Waals surface area contributed by atoms with Crippen molar-refractivity contribution < 1.29 is 9.13 Å². The lowest BCUT2D eigenvalue weighted by Crippen LogP contribution is -2.24. The monoisotopic (exact) mass is 920 g/mol. The first-order chi connectivity index (χ1) is 33.9. The highest BCUT2D eigenvalue weighted by atomic mass is 31.2. The van der Waals surface area contributed by atoms with Crippen LogP contribution in [0, 0.1) is 0 Å². The highest BCUT2D eigenvalue weighted by molar-refractivity contribution is 7.85. The summed E-state index contributed by atoms with van der Waals surface area (Å²) in [6.07, 6.45) is 0. The average Bonchev–Trinajstić information content (AvgIpc) is 3.82. The standard InChI is InChI=1S/C63H42N2O2P2/c66-68(50-16-5-1-6-17-50,51-18-7-2-8-19-51)54-33-27-43(28-34-54)48-31-36-57-58-37-30-44-15-13-14-24-56(44)62(58)63-64-59-38-32-49(42-61(59)65(63)60(57)41-48)45-25-26-47-40-55(35-29-46(47)39-45)69(67,52-20-9-3-10-21-52)53-22-11-4-12-23-53/h1-42H. The maximum atomic E-state index is 15.2. The zero-order valence-corrected chi connectivity index (χ0v) is 39.1. The van der Waals surface area contributed by atoms with Crippen LogP contribution >= 0.6 is 14.3 Å². The molecule has 0 unspecified atom stereocenters. The van der Waals surface area contributed by atoms with E-state index < -0.39 is 14.3 Å². The number of benzene rings is 11. The maximum Gasteiger partial charge on any atom is 0.171 e. The Kier molecular flexibility index (Phi) is 9.70. The zero-order valence-electron chi connectivity index (χ0n) is 37.4. The van der Waals surface area contributed by atoms with Crippen molar-refractivity contribution in [3.8, 4) is 22.3 Å². The van der Waals surface area contributed by atoms with Crippen LogP contribution in [0.1, 0.15) is 0 Å². The lowest BCUT2D eigenvalue weighted by atomic mass is 9.97. The molecular weight excluding hydrogens is 879 g/mol. The van der Waals surface area contributed by atoms with Crippen molar-refractivity contribution in [3.05, 3.63) is 255 Å². The summed E-state index contributed by atoms with van der Waals surface area (Å²) in [5, 5.41) is 12.7.